The van der Waals surface area contributed by atoms with Gasteiger partial charge in [-0.05, 0) is 73.5 Å². The number of aryl methyl sites for hydroxylation is 1. The van der Waals surface area contributed by atoms with Crippen LogP contribution in [0.2, 0.25) is 0 Å². The summed E-state index contributed by atoms with van der Waals surface area (Å²) < 4.78 is 18.6. The van der Waals surface area contributed by atoms with Gasteiger partial charge < -0.3 is 19.0 Å². The lowest BCUT2D eigenvalue weighted by Gasteiger charge is -2.11. The molecule has 2 aromatic heterocycles. The van der Waals surface area contributed by atoms with Crippen molar-refractivity contribution in [2.45, 2.75) is 39.5 Å². The number of ether oxygens (including phenoxy) is 2. The second kappa shape index (κ2) is 17.4. The molecule has 0 radical (unpaired) electrons. The van der Waals surface area contributed by atoms with Crippen LogP contribution in [0.3, 0.4) is 0 Å². The first-order valence-electron chi connectivity index (χ1n) is 16.4. The summed E-state index contributed by atoms with van der Waals surface area (Å²) in [6, 6.07) is 34.3. The van der Waals surface area contributed by atoms with E-state index in [9.17, 15) is 19.5 Å². The Kier molecular flexibility index (Phi) is 12.3. The van der Waals surface area contributed by atoms with Crippen molar-refractivity contribution in [2.75, 3.05) is 13.7 Å². The van der Waals surface area contributed by atoms with Crippen LogP contribution in [0.5, 0.6) is 11.5 Å². The molecular weight excluding hydrogens is 646 g/mol. The van der Waals surface area contributed by atoms with E-state index < -0.39 is 5.97 Å². The first-order valence-corrected chi connectivity index (χ1v) is 16.4. The SMILES string of the molecule is COc1cccc(CC(=O)CC(C)=O)c1.Cc1oc(-c2ccccc2)nc1CCOc1cccc(Cc2c(C(=O)O)cnn2-c2ccccc2)c1. The van der Waals surface area contributed by atoms with Gasteiger partial charge in [-0.2, -0.15) is 5.10 Å². The largest absolute Gasteiger partial charge is 0.497 e. The number of para-hydroxylation sites is 1. The van der Waals surface area contributed by atoms with E-state index in [2.05, 4.69) is 10.1 Å². The van der Waals surface area contributed by atoms with E-state index in [0.29, 0.717) is 36.8 Å². The Morgan fingerprint density at radius 1 is 0.843 bits per heavy atom. The van der Waals surface area contributed by atoms with Crippen molar-refractivity contribution in [1.82, 2.24) is 14.8 Å². The summed E-state index contributed by atoms with van der Waals surface area (Å²) in [6.07, 6.45) is 2.70. The standard InChI is InChI=1S/C29H25N3O4.C12H14O3/c1-20-26(31-28(36-20)22-10-4-2-5-11-22)15-16-35-24-14-8-9-21(17-24)18-27-25(29(33)34)19-30-32(27)23-12-6-3-7-13-23;1-9(13)6-11(14)7-10-4-3-5-12(8-10)15-2/h2-14,17,19H,15-16,18H2,1H3,(H,33,34);3-5,8H,6-7H2,1-2H3. The fraction of sp³-hybridized carbons (Fsp3) is 0.195. The molecule has 0 amide bonds. The molecule has 6 rings (SSSR count). The van der Waals surface area contributed by atoms with Crippen LogP contribution in [-0.4, -0.2) is 51.1 Å². The third-order valence-corrected chi connectivity index (χ3v) is 7.87. The normalized spacial score (nSPS) is 10.6. The lowest BCUT2D eigenvalue weighted by molar-refractivity contribution is -0.125. The van der Waals surface area contributed by atoms with Crippen LogP contribution in [0.1, 0.15) is 52.0 Å². The fourth-order valence-electron chi connectivity index (χ4n) is 5.43. The second-order valence-corrected chi connectivity index (χ2v) is 11.8. The summed E-state index contributed by atoms with van der Waals surface area (Å²) in [6.45, 7) is 3.77. The van der Waals surface area contributed by atoms with Gasteiger partial charge in [0.1, 0.15) is 34.4 Å². The molecule has 0 aliphatic heterocycles. The fourth-order valence-corrected chi connectivity index (χ4v) is 5.43. The molecule has 260 valence electrons. The number of ketones is 2. The molecule has 0 spiro atoms. The molecule has 0 saturated carbocycles. The zero-order chi connectivity index (χ0) is 36.2. The molecule has 0 bridgehead atoms. The number of carboxylic acid groups (broad SMARTS) is 1. The van der Waals surface area contributed by atoms with Gasteiger partial charge in [-0.1, -0.05) is 60.7 Å². The molecule has 0 aliphatic rings. The number of rotatable bonds is 14. The minimum Gasteiger partial charge on any atom is -0.497 e. The third kappa shape index (κ3) is 10.1. The highest BCUT2D eigenvalue weighted by molar-refractivity contribution is 5.98. The van der Waals surface area contributed by atoms with Gasteiger partial charge in [0.05, 0.1) is 43.4 Å². The Morgan fingerprint density at radius 2 is 1.51 bits per heavy atom. The molecule has 0 fully saturated rings. The van der Waals surface area contributed by atoms with Gasteiger partial charge in [0.15, 0.2) is 0 Å². The molecule has 0 aliphatic carbocycles. The minimum absolute atomic E-state index is 0.0111. The molecule has 4 aromatic carbocycles. The summed E-state index contributed by atoms with van der Waals surface area (Å²) in [5, 5.41) is 14.0. The number of carbonyl (C=O) groups excluding carboxylic acids is 2. The van der Waals surface area contributed by atoms with E-state index in [4.69, 9.17) is 13.9 Å². The first-order chi connectivity index (χ1) is 24.7. The van der Waals surface area contributed by atoms with Gasteiger partial charge in [0, 0.05) is 24.8 Å². The average molecular weight is 686 g/mol. The highest BCUT2D eigenvalue weighted by Gasteiger charge is 2.18. The maximum absolute atomic E-state index is 11.8. The van der Waals surface area contributed by atoms with E-state index in [0.717, 1.165) is 39.6 Å². The maximum atomic E-state index is 11.8. The smallest absolute Gasteiger partial charge is 0.339 e. The monoisotopic (exact) mass is 685 g/mol. The van der Waals surface area contributed by atoms with Gasteiger partial charge >= 0.3 is 5.97 Å². The Balaban J connectivity index is 0.000000283. The molecular formula is C41H39N3O7. The van der Waals surface area contributed by atoms with Crippen LogP contribution in [0.25, 0.3) is 17.1 Å². The number of aromatic carboxylic acids is 1. The summed E-state index contributed by atoms with van der Waals surface area (Å²) >= 11 is 0. The van der Waals surface area contributed by atoms with Crippen LogP contribution in [0.4, 0.5) is 0 Å². The Bertz CT molecular complexity index is 2090. The molecule has 1 N–H and O–H groups in total. The van der Waals surface area contributed by atoms with Crippen LogP contribution >= 0.6 is 0 Å². The number of hydrogen-bond acceptors (Lipinski definition) is 8. The maximum Gasteiger partial charge on any atom is 0.339 e. The molecule has 6 aromatic rings. The van der Waals surface area contributed by atoms with Gasteiger partial charge in [-0.15, -0.1) is 0 Å². The average Bonchev–Trinajstić information content (AvgIpc) is 3.72. The molecule has 51 heavy (non-hydrogen) atoms. The highest BCUT2D eigenvalue weighted by atomic mass is 16.5. The second-order valence-electron chi connectivity index (χ2n) is 11.8. The summed E-state index contributed by atoms with van der Waals surface area (Å²) in [7, 11) is 1.58. The number of carbonyl (C=O) groups is 3. The van der Waals surface area contributed by atoms with Gasteiger partial charge in [-0.25, -0.2) is 14.5 Å². The zero-order valence-electron chi connectivity index (χ0n) is 28.7. The topological polar surface area (TPSA) is 134 Å². The molecule has 10 nitrogen and oxygen atoms in total. The van der Waals surface area contributed by atoms with E-state index in [-0.39, 0.29) is 30.0 Å². The number of aromatic nitrogens is 3. The number of hydrogen-bond donors (Lipinski definition) is 1. The number of Topliss-reactive ketones (excluding diaryl/α,β-unsaturated/α-hetero) is 2. The van der Waals surface area contributed by atoms with Crippen LogP contribution in [-0.2, 0) is 28.9 Å². The molecule has 0 saturated heterocycles. The molecule has 10 heteroatoms. The van der Waals surface area contributed by atoms with Gasteiger partial charge in [-0.3, -0.25) is 9.59 Å². The van der Waals surface area contributed by atoms with Crippen LogP contribution < -0.4 is 9.47 Å². The predicted octanol–water partition coefficient (Wildman–Crippen LogP) is 7.53. The van der Waals surface area contributed by atoms with Crippen molar-refractivity contribution >= 4 is 17.5 Å². The lowest BCUT2D eigenvalue weighted by atomic mass is 10.1. The number of benzene rings is 4. The highest BCUT2D eigenvalue weighted by Crippen LogP contribution is 2.24. The van der Waals surface area contributed by atoms with Crippen molar-refractivity contribution in [3.63, 3.8) is 0 Å². The Labute approximate surface area is 296 Å². The van der Waals surface area contributed by atoms with Crippen molar-refractivity contribution in [1.29, 1.82) is 0 Å². The molecule has 0 unspecified atom stereocenters. The van der Waals surface area contributed by atoms with Crippen molar-refractivity contribution in [3.8, 4) is 28.6 Å². The van der Waals surface area contributed by atoms with E-state index >= 15 is 0 Å². The number of oxazole rings is 1. The van der Waals surface area contributed by atoms with Crippen molar-refractivity contribution < 1.29 is 33.4 Å². The van der Waals surface area contributed by atoms with Crippen LogP contribution in [0.15, 0.2) is 120 Å². The summed E-state index contributed by atoms with van der Waals surface area (Å²) in [5.41, 5.74) is 5.21. The summed E-state index contributed by atoms with van der Waals surface area (Å²) in [5.74, 6) is 1.66. The van der Waals surface area contributed by atoms with E-state index in [1.165, 1.54) is 13.1 Å². The Morgan fingerprint density at radius 3 is 2.20 bits per heavy atom. The zero-order valence-corrected chi connectivity index (χ0v) is 28.7. The number of nitrogens with zero attached hydrogens (tertiary/aromatic N) is 3. The quantitative estimate of drug-likeness (QED) is 0.116. The Hall–Kier alpha value is -6.29. The minimum atomic E-state index is -1.00. The molecule has 2 heterocycles. The van der Waals surface area contributed by atoms with E-state index in [1.54, 1.807) is 17.9 Å². The lowest BCUT2D eigenvalue weighted by Crippen LogP contribution is -2.08. The first kappa shape index (κ1) is 36.0. The predicted molar refractivity (Wildman–Crippen MR) is 193 cm³/mol. The number of carboxylic acids is 1. The number of methoxy groups -OCH3 is 1. The van der Waals surface area contributed by atoms with Gasteiger partial charge in [0.2, 0.25) is 5.89 Å². The molecule has 0 atom stereocenters. The van der Waals surface area contributed by atoms with Crippen LogP contribution in [0, 0.1) is 6.92 Å². The third-order valence-electron chi connectivity index (χ3n) is 7.87. The van der Waals surface area contributed by atoms with Crippen molar-refractivity contribution in [2.24, 2.45) is 0 Å². The van der Waals surface area contributed by atoms with Gasteiger partial charge in [0.25, 0.3) is 0 Å². The summed E-state index contributed by atoms with van der Waals surface area (Å²) in [4.78, 5) is 38.5. The van der Waals surface area contributed by atoms with E-state index in [1.807, 2.05) is 110 Å². The van der Waals surface area contributed by atoms with Crippen molar-refractivity contribution in [3.05, 3.63) is 149 Å².